The lowest BCUT2D eigenvalue weighted by molar-refractivity contribution is -0.117. The summed E-state index contributed by atoms with van der Waals surface area (Å²) < 4.78 is 13.2. The zero-order valence-corrected chi connectivity index (χ0v) is 9.72. The summed E-state index contributed by atoms with van der Waals surface area (Å²) in [5.41, 5.74) is 6.14. The van der Waals surface area contributed by atoms with Crippen LogP contribution in [0.25, 0.3) is 0 Å². The summed E-state index contributed by atoms with van der Waals surface area (Å²) in [6, 6.07) is 2.55. The van der Waals surface area contributed by atoms with Gasteiger partial charge in [0.15, 0.2) is 5.82 Å². The van der Waals surface area contributed by atoms with Gasteiger partial charge in [0.25, 0.3) is 0 Å². The number of nitrogens with two attached hydrogens (primary N) is 1. The summed E-state index contributed by atoms with van der Waals surface area (Å²) in [5.74, 6) is -0.783. The van der Waals surface area contributed by atoms with Crippen molar-refractivity contribution in [3.8, 4) is 0 Å². The highest BCUT2D eigenvalue weighted by molar-refractivity contribution is 6.35. The lowest BCUT2D eigenvalue weighted by Gasteiger charge is -2.17. The lowest BCUT2D eigenvalue weighted by atomic mass is 10.3. The number of amides is 1. The zero-order valence-electron chi connectivity index (χ0n) is 8.21. The highest BCUT2D eigenvalue weighted by Gasteiger charge is 2.28. The maximum atomic E-state index is 13.2. The minimum atomic E-state index is -0.678. The molecule has 16 heavy (non-hydrogen) atoms. The third kappa shape index (κ3) is 2.00. The van der Waals surface area contributed by atoms with Crippen LogP contribution in [0.3, 0.4) is 0 Å². The molecule has 0 spiro atoms. The number of anilines is 1. The molecular formula is C10H9Cl2FN2O. The van der Waals surface area contributed by atoms with Crippen LogP contribution in [0.2, 0.25) is 10.0 Å². The molecule has 0 aromatic heterocycles. The van der Waals surface area contributed by atoms with Gasteiger partial charge in [0.05, 0.1) is 10.0 Å². The molecular weight excluding hydrogens is 254 g/mol. The number of halogens is 3. The number of carbonyl (C=O) groups is 1. The molecule has 6 heteroatoms. The Labute approximate surface area is 102 Å². The third-order valence-electron chi connectivity index (χ3n) is 2.44. The molecule has 0 radical (unpaired) electrons. The smallest absolute Gasteiger partial charge is 0.228 e. The van der Waals surface area contributed by atoms with Gasteiger partial charge in [-0.2, -0.15) is 0 Å². The lowest BCUT2D eigenvalue weighted by Crippen LogP contribution is -2.28. The highest BCUT2D eigenvalue weighted by Crippen LogP contribution is 2.31. The first-order chi connectivity index (χ1) is 7.49. The van der Waals surface area contributed by atoms with Crippen LogP contribution >= 0.6 is 23.2 Å². The van der Waals surface area contributed by atoms with Crippen LogP contribution in [0, 0.1) is 5.82 Å². The van der Waals surface area contributed by atoms with E-state index in [1.54, 1.807) is 0 Å². The van der Waals surface area contributed by atoms with Gasteiger partial charge in [-0.15, -0.1) is 0 Å². The van der Waals surface area contributed by atoms with Gasteiger partial charge in [0, 0.05) is 24.7 Å². The van der Waals surface area contributed by atoms with Crippen LogP contribution in [0.1, 0.15) is 6.42 Å². The van der Waals surface area contributed by atoms with Gasteiger partial charge in [0.1, 0.15) is 0 Å². The molecule has 1 atom stereocenters. The van der Waals surface area contributed by atoms with Gasteiger partial charge in [-0.25, -0.2) is 4.39 Å². The molecule has 1 aliphatic heterocycles. The minimum Gasteiger partial charge on any atom is -0.326 e. The number of rotatable bonds is 1. The van der Waals surface area contributed by atoms with Crippen LogP contribution in [-0.4, -0.2) is 18.5 Å². The number of carbonyl (C=O) groups excluding carboxylic acids is 1. The second-order valence-corrected chi connectivity index (χ2v) is 4.51. The van der Waals surface area contributed by atoms with Crippen molar-refractivity contribution in [1.82, 2.24) is 0 Å². The molecule has 1 aromatic rings. The first-order valence-electron chi connectivity index (χ1n) is 4.69. The molecule has 0 saturated carbocycles. The maximum absolute atomic E-state index is 13.2. The summed E-state index contributed by atoms with van der Waals surface area (Å²) in [5, 5.41) is -0.202. The predicted molar refractivity (Wildman–Crippen MR) is 61.4 cm³/mol. The largest absolute Gasteiger partial charge is 0.326 e. The van der Waals surface area contributed by atoms with Crippen LogP contribution in [-0.2, 0) is 4.79 Å². The van der Waals surface area contributed by atoms with Crippen molar-refractivity contribution in [1.29, 1.82) is 0 Å². The van der Waals surface area contributed by atoms with Crippen molar-refractivity contribution >= 4 is 34.8 Å². The molecule has 1 aromatic carbocycles. The fourth-order valence-electron chi connectivity index (χ4n) is 1.68. The van der Waals surface area contributed by atoms with E-state index in [2.05, 4.69) is 0 Å². The summed E-state index contributed by atoms with van der Waals surface area (Å²) in [6.45, 7) is 0.400. The summed E-state index contributed by atoms with van der Waals surface area (Å²) in [6.07, 6.45) is 0.284. The normalized spacial score (nSPS) is 20.6. The van der Waals surface area contributed by atoms with E-state index in [4.69, 9.17) is 28.9 Å². The molecule has 1 heterocycles. The van der Waals surface area contributed by atoms with Gasteiger partial charge in [-0.1, -0.05) is 23.2 Å². The Balaban J connectivity index is 2.38. The number of hydrogen-bond donors (Lipinski definition) is 1. The van der Waals surface area contributed by atoms with E-state index in [1.165, 1.54) is 17.0 Å². The van der Waals surface area contributed by atoms with E-state index in [0.717, 1.165) is 0 Å². The van der Waals surface area contributed by atoms with Gasteiger partial charge in [-0.05, 0) is 12.1 Å². The minimum absolute atomic E-state index is 0.101. The van der Waals surface area contributed by atoms with E-state index in [9.17, 15) is 9.18 Å². The quantitative estimate of drug-likeness (QED) is 0.789. The third-order valence-corrected chi connectivity index (χ3v) is 2.99. The van der Waals surface area contributed by atoms with Crippen LogP contribution in [0.15, 0.2) is 12.1 Å². The van der Waals surface area contributed by atoms with Gasteiger partial charge < -0.3 is 10.6 Å². The Morgan fingerprint density at radius 3 is 2.38 bits per heavy atom. The average Bonchev–Trinajstić information content (AvgIpc) is 2.53. The van der Waals surface area contributed by atoms with Gasteiger partial charge >= 0.3 is 0 Å². The Morgan fingerprint density at radius 2 is 1.94 bits per heavy atom. The Bertz CT molecular complexity index is 429. The molecule has 0 aliphatic carbocycles. The Hall–Kier alpha value is -0.840. The molecule has 2 rings (SSSR count). The predicted octanol–water partition coefficient (Wildman–Crippen LogP) is 2.20. The van der Waals surface area contributed by atoms with Crippen molar-refractivity contribution in [2.45, 2.75) is 12.5 Å². The molecule has 1 saturated heterocycles. The van der Waals surface area contributed by atoms with E-state index >= 15 is 0 Å². The van der Waals surface area contributed by atoms with Crippen LogP contribution < -0.4 is 10.6 Å². The fourth-order valence-corrected chi connectivity index (χ4v) is 2.16. The van der Waals surface area contributed by atoms with E-state index in [0.29, 0.717) is 12.2 Å². The average molecular weight is 263 g/mol. The monoisotopic (exact) mass is 262 g/mol. The molecule has 2 N–H and O–H groups in total. The molecule has 1 amide bonds. The van der Waals surface area contributed by atoms with Crippen molar-refractivity contribution in [3.63, 3.8) is 0 Å². The summed E-state index contributed by atoms with van der Waals surface area (Å²) >= 11 is 11.3. The van der Waals surface area contributed by atoms with Crippen molar-refractivity contribution in [2.75, 3.05) is 11.4 Å². The van der Waals surface area contributed by atoms with Crippen molar-refractivity contribution < 1.29 is 9.18 Å². The standard InChI is InChI=1S/C10H9Cl2FN2O/c11-7-2-6(3-8(12)10(7)13)15-4-5(14)1-9(15)16/h2-3,5H,1,4,14H2. The Morgan fingerprint density at radius 1 is 1.38 bits per heavy atom. The molecule has 1 fully saturated rings. The SMILES string of the molecule is NC1CC(=O)N(c2cc(Cl)c(F)c(Cl)c2)C1. The first kappa shape index (κ1) is 11.6. The number of benzene rings is 1. The topological polar surface area (TPSA) is 46.3 Å². The molecule has 0 bridgehead atoms. The van der Waals surface area contributed by atoms with Crippen molar-refractivity contribution in [2.24, 2.45) is 5.73 Å². The molecule has 86 valence electrons. The number of hydrogen-bond acceptors (Lipinski definition) is 2. The zero-order chi connectivity index (χ0) is 11.9. The maximum Gasteiger partial charge on any atom is 0.228 e. The summed E-state index contributed by atoms with van der Waals surface area (Å²) in [4.78, 5) is 13.0. The van der Waals surface area contributed by atoms with Crippen LogP contribution in [0.4, 0.5) is 10.1 Å². The second kappa shape index (κ2) is 4.20. The molecule has 3 nitrogen and oxygen atoms in total. The van der Waals surface area contributed by atoms with E-state index in [-0.39, 0.29) is 28.4 Å². The van der Waals surface area contributed by atoms with E-state index < -0.39 is 5.82 Å². The fraction of sp³-hybridized carbons (Fsp3) is 0.300. The number of nitrogens with zero attached hydrogens (tertiary/aromatic N) is 1. The van der Waals surface area contributed by atoms with Crippen LogP contribution in [0.5, 0.6) is 0 Å². The van der Waals surface area contributed by atoms with Gasteiger partial charge in [0.2, 0.25) is 5.91 Å². The molecule has 1 aliphatic rings. The van der Waals surface area contributed by atoms with E-state index in [1.807, 2.05) is 0 Å². The highest BCUT2D eigenvalue weighted by atomic mass is 35.5. The van der Waals surface area contributed by atoms with Crippen molar-refractivity contribution in [3.05, 3.63) is 28.0 Å². The summed E-state index contributed by atoms with van der Waals surface area (Å²) in [7, 11) is 0. The molecule has 1 unspecified atom stereocenters. The first-order valence-corrected chi connectivity index (χ1v) is 5.45. The van der Waals surface area contributed by atoms with Gasteiger partial charge in [-0.3, -0.25) is 4.79 Å². The second-order valence-electron chi connectivity index (χ2n) is 3.69. The Kier molecular flexibility index (Phi) is 3.06.